The number of aromatic nitrogens is 2. The Balaban J connectivity index is 1.68. The number of nitrogens with zero attached hydrogens (tertiary/aromatic N) is 2. The van der Waals surface area contributed by atoms with Crippen LogP contribution < -0.4 is 5.32 Å². The van der Waals surface area contributed by atoms with Crippen LogP contribution in [0, 0.1) is 0 Å². The number of rotatable bonds is 5. The lowest BCUT2D eigenvalue weighted by Gasteiger charge is -2.13. The normalized spacial score (nSPS) is 17.4. The fourth-order valence-corrected chi connectivity index (χ4v) is 2.65. The average Bonchev–Trinajstić information content (AvgIpc) is 3.05. The van der Waals surface area contributed by atoms with Crippen molar-refractivity contribution in [2.75, 3.05) is 19.0 Å². The first-order valence-corrected chi connectivity index (χ1v) is 6.72. The number of hydrogen-bond acceptors (Lipinski definition) is 3. The van der Waals surface area contributed by atoms with E-state index < -0.39 is 0 Å². The highest BCUT2D eigenvalue weighted by Crippen LogP contribution is 2.33. The maximum Gasteiger partial charge on any atom is 0.0731 e. The quantitative estimate of drug-likeness (QED) is 0.895. The Morgan fingerprint density at radius 2 is 2.32 bits per heavy atom. The van der Waals surface area contributed by atoms with Gasteiger partial charge < -0.3 is 10.1 Å². The molecule has 4 nitrogen and oxygen atoms in total. The van der Waals surface area contributed by atoms with Gasteiger partial charge in [0.2, 0.25) is 0 Å². The zero-order valence-corrected chi connectivity index (χ0v) is 11.2. The molecule has 1 unspecified atom stereocenters. The summed E-state index contributed by atoms with van der Waals surface area (Å²) in [5.41, 5.74) is 3.97. The van der Waals surface area contributed by atoms with E-state index in [9.17, 15) is 0 Å². The molecule has 1 atom stereocenters. The van der Waals surface area contributed by atoms with Crippen molar-refractivity contribution in [3.63, 3.8) is 0 Å². The Bertz CT molecular complexity index is 550. The van der Waals surface area contributed by atoms with Crippen LogP contribution in [0.4, 0.5) is 5.69 Å². The van der Waals surface area contributed by atoms with E-state index in [0.717, 1.165) is 25.1 Å². The number of ether oxygens (including phenoxy) is 1. The van der Waals surface area contributed by atoms with Gasteiger partial charge in [0.15, 0.2) is 0 Å². The summed E-state index contributed by atoms with van der Waals surface area (Å²) in [6.45, 7) is 1.48. The maximum atomic E-state index is 5.05. The van der Waals surface area contributed by atoms with Crippen molar-refractivity contribution in [1.29, 1.82) is 0 Å². The fraction of sp³-hybridized carbons (Fsp3) is 0.400. The molecular formula is C15H19N3O. The van der Waals surface area contributed by atoms with Gasteiger partial charge in [0.05, 0.1) is 31.1 Å². The number of aryl methyl sites for hydroxylation is 1. The number of fused-ring (bicyclic) bond motifs is 1. The molecule has 0 radical (unpaired) electrons. The highest BCUT2D eigenvalue weighted by atomic mass is 16.5. The molecule has 1 aliphatic carbocycles. The Hall–Kier alpha value is -1.81. The summed E-state index contributed by atoms with van der Waals surface area (Å²) in [7, 11) is 1.71. The topological polar surface area (TPSA) is 39.1 Å². The third kappa shape index (κ3) is 2.63. The lowest BCUT2D eigenvalue weighted by Crippen LogP contribution is -2.07. The Kier molecular flexibility index (Phi) is 3.51. The summed E-state index contributed by atoms with van der Waals surface area (Å²) in [5.74, 6) is 0. The number of methoxy groups -OCH3 is 1. The van der Waals surface area contributed by atoms with Crippen LogP contribution in [0.1, 0.15) is 23.6 Å². The van der Waals surface area contributed by atoms with Gasteiger partial charge in [0.1, 0.15) is 0 Å². The van der Waals surface area contributed by atoms with E-state index in [4.69, 9.17) is 4.74 Å². The summed E-state index contributed by atoms with van der Waals surface area (Å²) < 4.78 is 6.96. The van der Waals surface area contributed by atoms with Crippen LogP contribution in [0.15, 0.2) is 36.7 Å². The zero-order valence-electron chi connectivity index (χ0n) is 11.2. The number of nitrogens with one attached hydrogen (secondary N) is 1. The maximum absolute atomic E-state index is 5.05. The molecule has 0 aliphatic heterocycles. The summed E-state index contributed by atoms with van der Waals surface area (Å²) in [6, 6.07) is 9.08. The molecule has 0 fully saturated rings. The second-order valence-corrected chi connectivity index (χ2v) is 4.92. The summed E-state index contributed by atoms with van der Waals surface area (Å²) in [4.78, 5) is 0. The first kappa shape index (κ1) is 12.2. The minimum atomic E-state index is 0.413. The minimum absolute atomic E-state index is 0.413. The summed E-state index contributed by atoms with van der Waals surface area (Å²) in [5, 5.41) is 7.90. The van der Waals surface area contributed by atoms with Crippen molar-refractivity contribution in [3.8, 4) is 0 Å². The first-order valence-electron chi connectivity index (χ1n) is 6.72. The number of anilines is 1. The summed E-state index contributed by atoms with van der Waals surface area (Å²) >= 11 is 0. The van der Waals surface area contributed by atoms with E-state index >= 15 is 0 Å². The third-order valence-electron chi connectivity index (χ3n) is 3.63. The van der Waals surface area contributed by atoms with Gasteiger partial charge in [0.25, 0.3) is 0 Å². The van der Waals surface area contributed by atoms with Crippen molar-refractivity contribution in [3.05, 3.63) is 47.8 Å². The molecule has 0 spiro atoms. The van der Waals surface area contributed by atoms with Crippen LogP contribution in [0.5, 0.6) is 0 Å². The van der Waals surface area contributed by atoms with Gasteiger partial charge in [0, 0.05) is 13.3 Å². The second-order valence-electron chi connectivity index (χ2n) is 4.92. The predicted octanol–water partition coefficient (Wildman–Crippen LogP) is 2.63. The van der Waals surface area contributed by atoms with Crippen molar-refractivity contribution < 1.29 is 4.74 Å². The lowest BCUT2D eigenvalue weighted by atomic mass is 10.1. The Morgan fingerprint density at radius 3 is 3.21 bits per heavy atom. The Labute approximate surface area is 113 Å². The zero-order chi connectivity index (χ0) is 13.1. The van der Waals surface area contributed by atoms with Gasteiger partial charge >= 0.3 is 0 Å². The molecule has 1 aliphatic rings. The average molecular weight is 257 g/mol. The molecule has 0 amide bonds. The van der Waals surface area contributed by atoms with E-state index in [2.05, 4.69) is 34.7 Å². The first-order chi connectivity index (χ1) is 9.36. The molecule has 0 saturated carbocycles. The van der Waals surface area contributed by atoms with Crippen molar-refractivity contribution in [2.45, 2.75) is 25.4 Å². The minimum Gasteiger partial charge on any atom is -0.383 e. The van der Waals surface area contributed by atoms with Crippen LogP contribution in [-0.2, 0) is 17.7 Å². The highest BCUT2D eigenvalue weighted by Gasteiger charge is 2.21. The molecule has 1 aromatic heterocycles. The monoisotopic (exact) mass is 257 g/mol. The van der Waals surface area contributed by atoms with E-state index in [1.54, 1.807) is 7.11 Å². The van der Waals surface area contributed by atoms with Gasteiger partial charge in [-0.15, -0.1) is 0 Å². The van der Waals surface area contributed by atoms with Crippen LogP contribution >= 0.6 is 0 Å². The highest BCUT2D eigenvalue weighted by molar-refractivity contribution is 5.45. The molecular weight excluding hydrogens is 238 g/mol. The molecule has 0 saturated heterocycles. The van der Waals surface area contributed by atoms with Gasteiger partial charge in [-0.3, -0.25) is 4.68 Å². The Morgan fingerprint density at radius 1 is 1.42 bits per heavy atom. The van der Waals surface area contributed by atoms with E-state index in [0.29, 0.717) is 12.6 Å². The van der Waals surface area contributed by atoms with Crippen LogP contribution in [0.3, 0.4) is 0 Å². The van der Waals surface area contributed by atoms with E-state index in [-0.39, 0.29) is 0 Å². The lowest BCUT2D eigenvalue weighted by molar-refractivity contribution is 0.183. The fourth-order valence-electron chi connectivity index (χ4n) is 2.65. The van der Waals surface area contributed by atoms with Crippen LogP contribution in [0.2, 0.25) is 0 Å². The molecule has 1 aromatic carbocycles. The largest absolute Gasteiger partial charge is 0.383 e. The van der Waals surface area contributed by atoms with Gasteiger partial charge in [-0.2, -0.15) is 5.10 Å². The molecule has 1 N–H and O–H groups in total. The van der Waals surface area contributed by atoms with Crippen LogP contribution in [0.25, 0.3) is 0 Å². The second kappa shape index (κ2) is 5.45. The molecule has 2 aromatic rings. The summed E-state index contributed by atoms with van der Waals surface area (Å²) in [6.07, 6.45) is 6.24. The van der Waals surface area contributed by atoms with Gasteiger partial charge in [-0.25, -0.2) is 0 Å². The molecule has 3 rings (SSSR count). The van der Waals surface area contributed by atoms with Gasteiger partial charge in [-0.1, -0.05) is 24.3 Å². The van der Waals surface area contributed by atoms with E-state index in [1.165, 1.54) is 11.1 Å². The molecule has 100 valence electrons. The molecule has 4 heteroatoms. The van der Waals surface area contributed by atoms with E-state index in [1.807, 2.05) is 17.1 Å². The molecule has 0 bridgehead atoms. The molecule has 1 heterocycles. The van der Waals surface area contributed by atoms with Crippen molar-refractivity contribution in [1.82, 2.24) is 9.78 Å². The van der Waals surface area contributed by atoms with Crippen LogP contribution in [-0.4, -0.2) is 23.5 Å². The number of benzene rings is 1. The smallest absolute Gasteiger partial charge is 0.0731 e. The van der Waals surface area contributed by atoms with Crippen molar-refractivity contribution in [2.24, 2.45) is 0 Å². The standard InChI is InChI=1S/C15H19N3O/c1-19-9-8-18-11-13(10-16-18)17-15-7-6-12-4-2-3-5-14(12)15/h2-5,10-11,15,17H,6-9H2,1H3. The van der Waals surface area contributed by atoms with Gasteiger partial charge in [-0.05, 0) is 24.0 Å². The predicted molar refractivity (Wildman–Crippen MR) is 75.2 cm³/mol. The SMILES string of the molecule is COCCn1cc(NC2CCc3ccccc32)cn1. The van der Waals surface area contributed by atoms with Crippen molar-refractivity contribution >= 4 is 5.69 Å². The number of hydrogen-bond donors (Lipinski definition) is 1. The third-order valence-corrected chi connectivity index (χ3v) is 3.63. The molecule has 19 heavy (non-hydrogen) atoms.